The molecule has 2 aromatic rings. The number of hydrogen-bond donors (Lipinski definition) is 1. The zero-order valence-corrected chi connectivity index (χ0v) is 16.8. The molecule has 1 unspecified atom stereocenters. The lowest BCUT2D eigenvalue weighted by Crippen LogP contribution is -2.37. The van der Waals surface area contributed by atoms with Gasteiger partial charge >= 0.3 is 0 Å². The topological polar surface area (TPSA) is 61.9 Å². The molecule has 6 nitrogen and oxygen atoms in total. The fourth-order valence-electron chi connectivity index (χ4n) is 3.79. The first kappa shape index (κ1) is 20.6. The number of morpholine rings is 1. The molecule has 2 aliphatic heterocycles. The summed E-state index contributed by atoms with van der Waals surface area (Å²) in [5, 5.41) is 3.38. The second kappa shape index (κ2) is 8.57. The number of halogens is 3. The van der Waals surface area contributed by atoms with Gasteiger partial charge in [0.1, 0.15) is 11.6 Å². The van der Waals surface area contributed by atoms with Gasteiger partial charge in [-0.2, -0.15) is 0 Å². The fourth-order valence-corrected chi connectivity index (χ4v) is 4.08. The molecule has 2 heterocycles. The van der Waals surface area contributed by atoms with Crippen LogP contribution in [0.15, 0.2) is 36.4 Å². The molecule has 2 aliphatic rings. The van der Waals surface area contributed by atoms with Crippen molar-refractivity contribution >= 4 is 40.5 Å². The quantitative estimate of drug-likeness (QED) is 0.799. The van der Waals surface area contributed by atoms with Crippen molar-refractivity contribution in [3.63, 3.8) is 0 Å². The van der Waals surface area contributed by atoms with E-state index in [1.807, 2.05) is 4.90 Å². The lowest BCUT2D eigenvalue weighted by molar-refractivity contribution is -0.122. The van der Waals surface area contributed by atoms with Crippen molar-refractivity contribution in [1.29, 1.82) is 0 Å². The molecule has 0 bridgehead atoms. The maximum absolute atomic E-state index is 13.5. The lowest BCUT2D eigenvalue weighted by atomic mass is 10.1. The number of para-hydroxylation sites is 1. The largest absolute Gasteiger partial charge is 0.378 e. The maximum Gasteiger partial charge on any atom is 0.229 e. The van der Waals surface area contributed by atoms with Crippen LogP contribution >= 0.6 is 11.6 Å². The first-order chi connectivity index (χ1) is 14.4. The maximum atomic E-state index is 13.5. The zero-order valence-electron chi connectivity index (χ0n) is 16.0. The number of nitrogens with zero attached hydrogens (tertiary/aromatic N) is 2. The Morgan fingerprint density at radius 1 is 1.13 bits per heavy atom. The predicted molar refractivity (Wildman–Crippen MR) is 110 cm³/mol. The van der Waals surface area contributed by atoms with Crippen molar-refractivity contribution < 1.29 is 23.1 Å². The third-order valence-electron chi connectivity index (χ3n) is 5.23. The van der Waals surface area contributed by atoms with Gasteiger partial charge in [0.05, 0.1) is 35.5 Å². The Hall–Kier alpha value is -2.71. The summed E-state index contributed by atoms with van der Waals surface area (Å²) >= 11 is 6.39. The fraction of sp³-hybridized carbons (Fsp3) is 0.333. The molecule has 1 N–H and O–H groups in total. The Balaban J connectivity index is 1.51. The van der Waals surface area contributed by atoms with Gasteiger partial charge in [0.2, 0.25) is 11.8 Å². The second-order valence-electron chi connectivity index (χ2n) is 7.26. The number of anilines is 3. The van der Waals surface area contributed by atoms with Gasteiger partial charge in [-0.15, -0.1) is 0 Å². The normalized spacial score (nSPS) is 19.3. The monoisotopic (exact) mass is 435 g/mol. The summed E-state index contributed by atoms with van der Waals surface area (Å²) in [6.45, 7) is 2.46. The van der Waals surface area contributed by atoms with Gasteiger partial charge in [0, 0.05) is 37.8 Å². The van der Waals surface area contributed by atoms with Crippen LogP contribution in [0.3, 0.4) is 0 Å². The summed E-state index contributed by atoms with van der Waals surface area (Å²) in [6.07, 6.45) is -0.0442. The number of rotatable bonds is 4. The molecule has 2 fully saturated rings. The molecule has 0 aliphatic carbocycles. The highest BCUT2D eigenvalue weighted by Crippen LogP contribution is 2.35. The molecule has 0 saturated carbocycles. The Labute approximate surface area is 177 Å². The molecule has 0 aromatic heterocycles. The molecule has 4 rings (SSSR count). The number of carbonyl (C=O) groups is 2. The Kier molecular flexibility index (Phi) is 5.87. The van der Waals surface area contributed by atoms with Crippen LogP contribution in [0, 0.1) is 17.6 Å². The number of ether oxygens (including phenoxy) is 1. The highest BCUT2D eigenvalue weighted by Gasteiger charge is 2.36. The SMILES string of the molecule is O=C(Nc1cccc(Cl)c1N1CCOCC1)C1CC(=O)N(c2cc(F)cc(F)c2)C1. The molecule has 9 heteroatoms. The average Bonchev–Trinajstić information content (AvgIpc) is 3.10. The molecule has 0 radical (unpaired) electrons. The van der Waals surface area contributed by atoms with Crippen LogP contribution in [0.25, 0.3) is 0 Å². The van der Waals surface area contributed by atoms with Crippen molar-refractivity contribution in [3.8, 4) is 0 Å². The zero-order chi connectivity index (χ0) is 21.3. The van der Waals surface area contributed by atoms with E-state index in [9.17, 15) is 18.4 Å². The lowest BCUT2D eigenvalue weighted by Gasteiger charge is -2.31. The van der Waals surface area contributed by atoms with Crippen LogP contribution in [0.5, 0.6) is 0 Å². The average molecular weight is 436 g/mol. The van der Waals surface area contributed by atoms with Crippen LogP contribution in [0.4, 0.5) is 25.8 Å². The Morgan fingerprint density at radius 2 is 1.83 bits per heavy atom. The van der Waals surface area contributed by atoms with Gasteiger partial charge < -0.3 is 19.9 Å². The summed E-state index contributed by atoms with van der Waals surface area (Å²) in [4.78, 5) is 28.6. The van der Waals surface area contributed by atoms with E-state index < -0.39 is 17.6 Å². The van der Waals surface area contributed by atoms with E-state index in [1.54, 1.807) is 18.2 Å². The third-order valence-corrected chi connectivity index (χ3v) is 5.53. The van der Waals surface area contributed by atoms with E-state index in [0.717, 1.165) is 18.2 Å². The number of benzene rings is 2. The van der Waals surface area contributed by atoms with Crippen LogP contribution in [-0.4, -0.2) is 44.7 Å². The molecule has 158 valence electrons. The molecule has 2 amide bonds. The van der Waals surface area contributed by atoms with E-state index >= 15 is 0 Å². The van der Waals surface area contributed by atoms with Gasteiger partial charge in [-0.3, -0.25) is 9.59 Å². The van der Waals surface area contributed by atoms with Gasteiger partial charge in [-0.25, -0.2) is 8.78 Å². The minimum atomic E-state index is -0.778. The molecule has 2 saturated heterocycles. The van der Waals surface area contributed by atoms with Crippen LogP contribution in [0.2, 0.25) is 5.02 Å². The van der Waals surface area contributed by atoms with Crippen LogP contribution in [-0.2, 0) is 14.3 Å². The first-order valence-corrected chi connectivity index (χ1v) is 9.98. The summed E-state index contributed by atoms with van der Waals surface area (Å²) in [6, 6.07) is 8.14. The van der Waals surface area contributed by atoms with Crippen LogP contribution in [0.1, 0.15) is 6.42 Å². The smallest absolute Gasteiger partial charge is 0.229 e. The Bertz CT molecular complexity index is 962. The van der Waals surface area contributed by atoms with Crippen molar-refractivity contribution in [2.24, 2.45) is 5.92 Å². The summed E-state index contributed by atoms with van der Waals surface area (Å²) < 4.78 is 32.4. The second-order valence-corrected chi connectivity index (χ2v) is 7.66. The molecule has 2 aromatic carbocycles. The van der Waals surface area contributed by atoms with E-state index in [4.69, 9.17) is 16.3 Å². The summed E-state index contributed by atoms with van der Waals surface area (Å²) in [7, 11) is 0. The van der Waals surface area contributed by atoms with Crippen molar-refractivity contribution in [3.05, 3.63) is 53.1 Å². The Morgan fingerprint density at radius 3 is 2.53 bits per heavy atom. The van der Waals surface area contributed by atoms with E-state index in [2.05, 4.69) is 5.32 Å². The van der Waals surface area contributed by atoms with Gasteiger partial charge in [0.25, 0.3) is 0 Å². The van der Waals surface area contributed by atoms with E-state index in [-0.39, 0.29) is 30.5 Å². The number of carbonyl (C=O) groups excluding carboxylic acids is 2. The highest BCUT2D eigenvalue weighted by atomic mass is 35.5. The van der Waals surface area contributed by atoms with Crippen molar-refractivity contribution in [2.75, 3.05) is 48.0 Å². The van der Waals surface area contributed by atoms with Crippen molar-refractivity contribution in [1.82, 2.24) is 0 Å². The molecule has 30 heavy (non-hydrogen) atoms. The molecular weight excluding hydrogens is 416 g/mol. The minimum Gasteiger partial charge on any atom is -0.378 e. The predicted octanol–water partition coefficient (Wildman–Crippen LogP) is 3.45. The summed E-state index contributed by atoms with van der Waals surface area (Å²) in [5.41, 5.74) is 1.37. The third kappa shape index (κ3) is 4.24. The van der Waals surface area contributed by atoms with Gasteiger partial charge in [-0.1, -0.05) is 17.7 Å². The molecule has 1 atom stereocenters. The number of amides is 2. The standard InChI is InChI=1S/C21H20ClF2N3O3/c22-17-2-1-3-18(20(17)26-4-6-30-7-5-26)25-21(29)13-8-19(28)27(12-13)16-10-14(23)9-15(24)11-16/h1-3,9-11,13H,4-8,12H2,(H,25,29). The minimum absolute atomic E-state index is 0.0427. The van der Waals surface area contributed by atoms with Gasteiger partial charge in [-0.05, 0) is 24.3 Å². The first-order valence-electron chi connectivity index (χ1n) is 9.61. The summed E-state index contributed by atoms with van der Waals surface area (Å²) in [5.74, 6) is -2.92. The van der Waals surface area contributed by atoms with Crippen molar-refractivity contribution in [2.45, 2.75) is 6.42 Å². The van der Waals surface area contributed by atoms with Gasteiger partial charge in [0.15, 0.2) is 0 Å². The van der Waals surface area contributed by atoms with E-state index in [0.29, 0.717) is 42.7 Å². The molecular formula is C21H20ClF2N3O3. The number of nitrogens with one attached hydrogen (secondary N) is 1. The van der Waals surface area contributed by atoms with E-state index in [1.165, 1.54) is 4.90 Å². The molecule has 0 spiro atoms. The number of hydrogen-bond acceptors (Lipinski definition) is 4. The van der Waals surface area contributed by atoms with Crippen LogP contribution < -0.4 is 15.1 Å². The highest BCUT2D eigenvalue weighted by molar-refractivity contribution is 6.34.